The van der Waals surface area contributed by atoms with E-state index in [2.05, 4.69) is 10.3 Å². The SMILES string of the molecule is Cc1csc(CNC(=O)[C@@H]2CCCN(C(=O)c3ccco3)C2)n1. The lowest BCUT2D eigenvalue weighted by atomic mass is 9.97. The minimum absolute atomic E-state index is 0.0187. The Morgan fingerprint density at radius 1 is 1.52 bits per heavy atom. The number of piperidine rings is 1. The van der Waals surface area contributed by atoms with Crippen LogP contribution in [0.2, 0.25) is 0 Å². The standard InChI is InChI=1S/C16H19N3O3S/c1-11-10-23-14(18-11)8-17-15(20)12-4-2-6-19(9-12)16(21)13-5-3-7-22-13/h3,5,7,10,12H,2,4,6,8-9H2,1H3,(H,17,20)/t12-/m1/s1. The molecule has 7 heteroatoms. The van der Waals surface area contributed by atoms with Gasteiger partial charge in [0.25, 0.3) is 5.91 Å². The van der Waals surface area contributed by atoms with Crippen molar-refractivity contribution in [3.63, 3.8) is 0 Å². The zero-order valence-corrected chi connectivity index (χ0v) is 13.8. The summed E-state index contributed by atoms with van der Waals surface area (Å²) in [5.74, 6) is -0.0223. The molecule has 1 N–H and O–H groups in total. The molecule has 1 aliphatic heterocycles. The second-order valence-electron chi connectivity index (χ2n) is 5.67. The summed E-state index contributed by atoms with van der Waals surface area (Å²) < 4.78 is 5.15. The molecule has 0 radical (unpaired) electrons. The third kappa shape index (κ3) is 3.79. The van der Waals surface area contributed by atoms with Crippen LogP contribution in [-0.2, 0) is 11.3 Å². The van der Waals surface area contributed by atoms with Gasteiger partial charge in [0, 0.05) is 24.2 Å². The summed E-state index contributed by atoms with van der Waals surface area (Å²) in [5.41, 5.74) is 0.965. The van der Waals surface area contributed by atoms with Gasteiger partial charge in [-0.25, -0.2) is 4.98 Å². The molecule has 0 aliphatic carbocycles. The van der Waals surface area contributed by atoms with Crippen molar-refractivity contribution in [2.75, 3.05) is 13.1 Å². The van der Waals surface area contributed by atoms with Gasteiger partial charge in [-0.1, -0.05) is 0 Å². The monoisotopic (exact) mass is 333 g/mol. The van der Waals surface area contributed by atoms with Crippen LogP contribution in [0.3, 0.4) is 0 Å². The van der Waals surface area contributed by atoms with E-state index in [0.717, 1.165) is 23.5 Å². The molecule has 0 bridgehead atoms. The van der Waals surface area contributed by atoms with Gasteiger partial charge in [-0.3, -0.25) is 9.59 Å². The first-order valence-corrected chi connectivity index (χ1v) is 8.53. The number of nitrogens with zero attached hydrogens (tertiary/aromatic N) is 2. The highest BCUT2D eigenvalue weighted by atomic mass is 32.1. The lowest BCUT2D eigenvalue weighted by Gasteiger charge is -2.31. The molecule has 0 saturated carbocycles. The van der Waals surface area contributed by atoms with Gasteiger partial charge in [-0.15, -0.1) is 11.3 Å². The highest BCUT2D eigenvalue weighted by Gasteiger charge is 2.29. The summed E-state index contributed by atoms with van der Waals surface area (Å²) in [7, 11) is 0. The summed E-state index contributed by atoms with van der Waals surface area (Å²) in [4.78, 5) is 30.7. The number of aromatic nitrogens is 1. The second kappa shape index (κ2) is 6.95. The zero-order chi connectivity index (χ0) is 16.2. The number of hydrogen-bond donors (Lipinski definition) is 1. The Kier molecular flexibility index (Phi) is 4.76. The first kappa shape index (κ1) is 15.7. The van der Waals surface area contributed by atoms with Gasteiger partial charge in [0.1, 0.15) is 5.01 Å². The summed E-state index contributed by atoms with van der Waals surface area (Å²) in [6, 6.07) is 3.34. The molecule has 2 amide bonds. The highest BCUT2D eigenvalue weighted by molar-refractivity contribution is 7.09. The van der Waals surface area contributed by atoms with E-state index in [0.29, 0.717) is 25.4 Å². The lowest BCUT2D eigenvalue weighted by Crippen LogP contribution is -2.45. The normalized spacial score (nSPS) is 18.0. The molecule has 2 aromatic rings. The van der Waals surface area contributed by atoms with Crippen molar-refractivity contribution in [1.29, 1.82) is 0 Å². The van der Waals surface area contributed by atoms with E-state index in [9.17, 15) is 9.59 Å². The molecule has 3 rings (SSSR count). The number of nitrogens with one attached hydrogen (secondary N) is 1. The predicted octanol–water partition coefficient (Wildman–Crippen LogP) is 2.21. The number of likely N-dealkylation sites (tertiary alicyclic amines) is 1. The van der Waals surface area contributed by atoms with Gasteiger partial charge < -0.3 is 14.6 Å². The lowest BCUT2D eigenvalue weighted by molar-refractivity contribution is -0.126. The van der Waals surface area contributed by atoms with Gasteiger partial charge >= 0.3 is 0 Å². The minimum atomic E-state index is -0.177. The number of hydrogen-bond acceptors (Lipinski definition) is 5. The van der Waals surface area contributed by atoms with Gasteiger partial charge in [-0.2, -0.15) is 0 Å². The van der Waals surface area contributed by atoms with Crippen LogP contribution in [-0.4, -0.2) is 34.8 Å². The van der Waals surface area contributed by atoms with Crippen molar-refractivity contribution in [3.05, 3.63) is 40.2 Å². The maximum absolute atomic E-state index is 12.3. The third-order valence-corrected chi connectivity index (χ3v) is 4.86. The van der Waals surface area contributed by atoms with Crippen LogP contribution < -0.4 is 5.32 Å². The fraction of sp³-hybridized carbons (Fsp3) is 0.438. The number of rotatable bonds is 4. The van der Waals surface area contributed by atoms with Gasteiger partial charge in [0.2, 0.25) is 5.91 Å². The Hall–Kier alpha value is -2.15. The van der Waals surface area contributed by atoms with Crippen LogP contribution in [0.5, 0.6) is 0 Å². The van der Waals surface area contributed by atoms with E-state index in [-0.39, 0.29) is 17.7 Å². The van der Waals surface area contributed by atoms with Crippen molar-refractivity contribution >= 4 is 23.2 Å². The second-order valence-corrected chi connectivity index (χ2v) is 6.61. The largest absolute Gasteiger partial charge is 0.459 e. The number of furan rings is 1. The van der Waals surface area contributed by atoms with E-state index in [1.165, 1.54) is 17.6 Å². The molecule has 6 nitrogen and oxygen atoms in total. The fourth-order valence-corrected chi connectivity index (χ4v) is 3.43. The van der Waals surface area contributed by atoms with Crippen molar-refractivity contribution in [2.24, 2.45) is 5.92 Å². The Morgan fingerprint density at radius 2 is 2.39 bits per heavy atom. The molecule has 0 unspecified atom stereocenters. The quantitative estimate of drug-likeness (QED) is 0.931. The van der Waals surface area contributed by atoms with Crippen LogP contribution >= 0.6 is 11.3 Å². The predicted molar refractivity (Wildman–Crippen MR) is 86.0 cm³/mol. The van der Waals surface area contributed by atoms with E-state index in [1.807, 2.05) is 12.3 Å². The third-order valence-electron chi connectivity index (χ3n) is 3.89. The smallest absolute Gasteiger partial charge is 0.289 e. The number of carbonyl (C=O) groups excluding carboxylic acids is 2. The Bertz CT molecular complexity index is 681. The topological polar surface area (TPSA) is 75.4 Å². The number of carbonyl (C=O) groups is 2. The molecule has 0 spiro atoms. The number of amides is 2. The summed E-state index contributed by atoms with van der Waals surface area (Å²) in [5, 5.41) is 5.79. The van der Waals surface area contributed by atoms with Crippen molar-refractivity contribution < 1.29 is 14.0 Å². The first-order chi connectivity index (χ1) is 11.1. The Labute approximate surface area is 138 Å². The van der Waals surface area contributed by atoms with Crippen LogP contribution in [0.1, 0.15) is 34.1 Å². The van der Waals surface area contributed by atoms with Crippen LogP contribution in [0, 0.1) is 12.8 Å². The van der Waals surface area contributed by atoms with Gasteiger partial charge in [0.15, 0.2) is 5.76 Å². The Morgan fingerprint density at radius 3 is 3.09 bits per heavy atom. The van der Waals surface area contributed by atoms with Crippen molar-refractivity contribution in [3.8, 4) is 0 Å². The van der Waals surface area contributed by atoms with E-state index in [1.54, 1.807) is 17.0 Å². The molecule has 1 aliphatic rings. The average molecular weight is 333 g/mol. The summed E-state index contributed by atoms with van der Waals surface area (Å²) >= 11 is 1.54. The van der Waals surface area contributed by atoms with E-state index in [4.69, 9.17) is 4.42 Å². The van der Waals surface area contributed by atoms with Crippen molar-refractivity contribution in [2.45, 2.75) is 26.3 Å². The number of thiazole rings is 1. The molecule has 23 heavy (non-hydrogen) atoms. The molecule has 122 valence electrons. The van der Waals surface area contributed by atoms with Crippen LogP contribution in [0.15, 0.2) is 28.2 Å². The summed E-state index contributed by atoms with van der Waals surface area (Å²) in [6.45, 7) is 3.47. The fourth-order valence-electron chi connectivity index (χ4n) is 2.72. The molecule has 3 heterocycles. The van der Waals surface area contributed by atoms with Gasteiger partial charge in [0.05, 0.1) is 18.7 Å². The average Bonchev–Trinajstić information content (AvgIpc) is 3.23. The Balaban J connectivity index is 1.55. The maximum Gasteiger partial charge on any atom is 0.289 e. The van der Waals surface area contributed by atoms with E-state index >= 15 is 0 Å². The molecule has 0 aromatic carbocycles. The van der Waals surface area contributed by atoms with Gasteiger partial charge in [-0.05, 0) is 31.9 Å². The number of aryl methyl sites for hydroxylation is 1. The molecule has 1 saturated heterocycles. The maximum atomic E-state index is 12.3. The summed E-state index contributed by atoms with van der Waals surface area (Å²) in [6.07, 6.45) is 3.10. The first-order valence-electron chi connectivity index (χ1n) is 7.65. The van der Waals surface area contributed by atoms with E-state index < -0.39 is 0 Å². The van der Waals surface area contributed by atoms with Crippen LogP contribution in [0.25, 0.3) is 0 Å². The molecular formula is C16H19N3O3S. The van der Waals surface area contributed by atoms with Crippen molar-refractivity contribution in [1.82, 2.24) is 15.2 Å². The minimum Gasteiger partial charge on any atom is -0.459 e. The molecule has 1 atom stereocenters. The zero-order valence-electron chi connectivity index (χ0n) is 12.9. The molecule has 2 aromatic heterocycles. The highest BCUT2D eigenvalue weighted by Crippen LogP contribution is 2.19. The molecule has 1 fully saturated rings. The molecular weight excluding hydrogens is 314 g/mol. The van der Waals surface area contributed by atoms with Crippen LogP contribution in [0.4, 0.5) is 0 Å².